The zero-order valence-corrected chi connectivity index (χ0v) is 29.7. The standard InChI is InChI=1S/C16H36O12Si8/c1-9-29-17-30(10-2)20-33(13-5)22-31(11-3,18-29)24-35(15-7)25-32(12-4,19-29)23-34(14-6,21-30)27-36(16-8,26-33)28-35/h9-10H,1-2,11-16H2,3-8H3. The second-order valence-electron chi connectivity index (χ2n) is 9.06. The maximum Gasteiger partial charge on any atom is 0.507 e. The van der Waals surface area contributed by atoms with Gasteiger partial charge >= 0.3 is 70.4 Å². The molecule has 4 atom stereocenters. The van der Waals surface area contributed by atoms with Crippen LogP contribution in [0.1, 0.15) is 41.5 Å². The summed E-state index contributed by atoms with van der Waals surface area (Å²) in [6.07, 6.45) is 0. The van der Waals surface area contributed by atoms with E-state index in [4.69, 9.17) is 49.4 Å². The first-order valence-corrected chi connectivity index (χ1v) is 27.9. The zero-order chi connectivity index (χ0) is 26.1. The SMILES string of the molecule is C=C[Si]12O[Si]3(C=C)O[Si]4(CC)O[Si](CC)(O1)O[Si]1(CC)O[Si](CC)(O2)O[Si](CC)(O3)O[Si](CC)(O4)O1. The second kappa shape index (κ2) is 9.13. The molecule has 20 heteroatoms. The molecule has 0 aromatic heterocycles. The number of hydrogen-bond donors (Lipinski definition) is 0. The molecular formula is C16H36O12Si8. The van der Waals surface area contributed by atoms with E-state index in [1.807, 2.05) is 41.5 Å². The van der Waals surface area contributed by atoms with Crippen LogP contribution in [0.25, 0.3) is 0 Å². The molecule has 6 fully saturated rings. The van der Waals surface area contributed by atoms with Crippen molar-refractivity contribution in [2.24, 2.45) is 0 Å². The molecule has 0 saturated carbocycles. The Morgan fingerprint density at radius 2 is 0.556 bits per heavy atom. The normalized spacial score (nSPS) is 53.7. The summed E-state index contributed by atoms with van der Waals surface area (Å²) in [5, 5.41) is 0. The highest BCUT2D eigenvalue weighted by Crippen LogP contribution is 2.52. The van der Waals surface area contributed by atoms with E-state index in [-0.39, 0.29) is 0 Å². The number of hydrogen-bond acceptors (Lipinski definition) is 12. The first-order valence-electron chi connectivity index (χ1n) is 12.7. The van der Waals surface area contributed by atoms with Crippen LogP contribution in [0.2, 0.25) is 36.3 Å². The third kappa shape index (κ3) is 4.22. The Bertz CT molecular complexity index is 818. The van der Waals surface area contributed by atoms with Crippen molar-refractivity contribution in [2.45, 2.75) is 77.8 Å². The molecule has 0 spiro atoms. The lowest BCUT2D eigenvalue weighted by atomic mass is 11.0. The highest BCUT2D eigenvalue weighted by molar-refractivity contribution is 7.04. The first kappa shape index (κ1) is 28.3. The lowest BCUT2D eigenvalue weighted by Gasteiger charge is -2.62. The van der Waals surface area contributed by atoms with Crippen molar-refractivity contribution < 1.29 is 49.4 Å². The van der Waals surface area contributed by atoms with Crippen LogP contribution >= 0.6 is 0 Å². The van der Waals surface area contributed by atoms with Gasteiger partial charge in [-0.05, 0) is 11.4 Å². The average molecular weight is 645 g/mol. The van der Waals surface area contributed by atoms with E-state index in [0.29, 0.717) is 36.3 Å². The minimum Gasteiger partial charge on any atom is -0.373 e. The van der Waals surface area contributed by atoms with Crippen molar-refractivity contribution >= 4 is 70.4 Å². The van der Waals surface area contributed by atoms with Crippen molar-refractivity contribution in [3.05, 3.63) is 24.6 Å². The average Bonchev–Trinajstić information content (AvgIpc) is 2.82. The molecule has 6 saturated heterocycles. The fourth-order valence-corrected chi connectivity index (χ4v) is 52.0. The van der Waals surface area contributed by atoms with Gasteiger partial charge in [-0.25, -0.2) is 0 Å². The summed E-state index contributed by atoms with van der Waals surface area (Å²) in [5.74, 6) is 0. The van der Waals surface area contributed by atoms with Crippen LogP contribution < -0.4 is 0 Å². The quantitative estimate of drug-likeness (QED) is 0.362. The first-order chi connectivity index (χ1) is 17.0. The minimum absolute atomic E-state index is 0.394. The van der Waals surface area contributed by atoms with Gasteiger partial charge in [0.1, 0.15) is 0 Å². The zero-order valence-electron chi connectivity index (χ0n) is 21.7. The van der Waals surface area contributed by atoms with Gasteiger partial charge in [0, 0.05) is 36.3 Å². The third-order valence-electron chi connectivity index (χ3n) is 6.75. The summed E-state index contributed by atoms with van der Waals surface area (Å²) in [6.45, 7) is 19.7. The van der Waals surface area contributed by atoms with Crippen LogP contribution in [-0.2, 0) is 49.4 Å². The lowest BCUT2D eigenvalue weighted by molar-refractivity contribution is -0.0231. The predicted octanol–water partition coefficient (Wildman–Crippen LogP) is 3.33. The summed E-state index contributed by atoms with van der Waals surface area (Å²) in [5.41, 5.74) is 3.10. The Kier molecular flexibility index (Phi) is 7.17. The van der Waals surface area contributed by atoms with Gasteiger partial charge in [-0.1, -0.05) is 41.5 Å². The molecule has 12 nitrogen and oxygen atoms in total. The van der Waals surface area contributed by atoms with Crippen LogP contribution in [0.15, 0.2) is 24.6 Å². The Morgan fingerprint density at radius 1 is 0.361 bits per heavy atom. The second-order valence-corrected chi connectivity index (χ2v) is 34.5. The Hall–Kier alpha value is 0.735. The maximum atomic E-state index is 6.96. The topological polar surface area (TPSA) is 111 Å². The molecular weight excluding hydrogens is 609 g/mol. The largest absolute Gasteiger partial charge is 0.507 e. The van der Waals surface area contributed by atoms with Crippen LogP contribution in [0.4, 0.5) is 0 Å². The van der Waals surface area contributed by atoms with E-state index in [2.05, 4.69) is 13.2 Å². The third-order valence-corrected chi connectivity index (χ3v) is 42.2. The van der Waals surface area contributed by atoms with Gasteiger partial charge in [0.15, 0.2) is 0 Å². The van der Waals surface area contributed by atoms with Gasteiger partial charge < -0.3 is 49.4 Å². The highest BCUT2D eigenvalue weighted by atomic mass is 28.6. The molecule has 0 amide bonds. The van der Waals surface area contributed by atoms with Crippen molar-refractivity contribution in [3.63, 3.8) is 0 Å². The van der Waals surface area contributed by atoms with Crippen LogP contribution in [-0.4, -0.2) is 70.4 Å². The fraction of sp³-hybridized carbons (Fsp3) is 0.750. The Morgan fingerprint density at radius 3 is 0.722 bits per heavy atom. The molecule has 6 heterocycles. The van der Waals surface area contributed by atoms with Crippen molar-refractivity contribution in [1.29, 1.82) is 0 Å². The van der Waals surface area contributed by atoms with Crippen molar-refractivity contribution in [1.82, 2.24) is 0 Å². The van der Waals surface area contributed by atoms with Gasteiger partial charge in [-0.3, -0.25) is 0 Å². The minimum atomic E-state index is -3.83. The van der Waals surface area contributed by atoms with Gasteiger partial charge in [-0.15, -0.1) is 13.2 Å². The predicted molar refractivity (Wildman–Crippen MR) is 142 cm³/mol. The van der Waals surface area contributed by atoms with E-state index in [0.717, 1.165) is 0 Å². The van der Waals surface area contributed by atoms with E-state index in [1.165, 1.54) is 0 Å². The molecule has 36 heavy (non-hydrogen) atoms. The van der Waals surface area contributed by atoms with Gasteiger partial charge in [-0.2, -0.15) is 0 Å². The van der Waals surface area contributed by atoms with E-state index in [9.17, 15) is 0 Å². The molecule has 6 aliphatic heterocycles. The molecule has 4 unspecified atom stereocenters. The van der Waals surface area contributed by atoms with Crippen molar-refractivity contribution in [3.8, 4) is 0 Å². The molecule has 6 aliphatic rings. The molecule has 0 N–H and O–H groups in total. The fourth-order valence-electron chi connectivity index (χ4n) is 4.77. The molecule has 204 valence electrons. The van der Waals surface area contributed by atoms with Crippen molar-refractivity contribution in [2.75, 3.05) is 0 Å². The highest BCUT2D eigenvalue weighted by Gasteiger charge is 2.81. The van der Waals surface area contributed by atoms with Crippen LogP contribution in [0.5, 0.6) is 0 Å². The summed E-state index contributed by atoms with van der Waals surface area (Å²) in [7, 11) is -29.4. The van der Waals surface area contributed by atoms with E-state index in [1.54, 1.807) is 11.4 Å². The summed E-state index contributed by atoms with van der Waals surface area (Å²) >= 11 is 0. The summed E-state index contributed by atoms with van der Waals surface area (Å²) in [6, 6.07) is 2.43. The van der Waals surface area contributed by atoms with E-state index >= 15 is 0 Å². The van der Waals surface area contributed by atoms with Gasteiger partial charge in [0.2, 0.25) is 0 Å². The Labute approximate surface area is 221 Å². The van der Waals surface area contributed by atoms with Crippen LogP contribution in [0, 0.1) is 0 Å². The monoisotopic (exact) mass is 644 g/mol. The van der Waals surface area contributed by atoms with Crippen LogP contribution in [0.3, 0.4) is 0 Å². The summed E-state index contributed by atoms with van der Waals surface area (Å²) < 4.78 is 82.6. The lowest BCUT2D eigenvalue weighted by Crippen LogP contribution is -2.87. The van der Waals surface area contributed by atoms with E-state index < -0.39 is 70.4 Å². The molecule has 6 rings (SSSR count). The Balaban J connectivity index is 1.88. The molecule has 0 radical (unpaired) electrons. The molecule has 0 aromatic carbocycles. The smallest absolute Gasteiger partial charge is 0.373 e. The molecule has 8 bridgehead atoms. The van der Waals surface area contributed by atoms with Gasteiger partial charge in [0.05, 0.1) is 0 Å². The number of rotatable bonds is 8. The summed E-state index contributed by atoms with van der Waals surface area (Å²) in [4.78, 5) is 0. The molecule has 0 aliphatic carbocycles. The molecule has 0 aromatic rings. The van der Waals surface area contributed by atoms with Gasteiger partial charge in [0.25, 0.3) is 0 Å². The maximum absolute atomic E-state index is 6.96.